The highest BCUT2D eigenvalue weighted by Gasteiger charge is 2.18. The summed E-state index contributed by atoms with van der Waals surface area (Å²) in [7, 11) is 1.70. The van der Waals surface area contributed by atoms with E-state index < -0.39 is 0 Å². The predicted octanol–water partition coefficient (Wildman–Crippen LogP) is 3.16. The van der Waals surface area contributed by atoms with Crippen LogP contribution < -0.4 is 0 Å². The van der Waals surface area contributed by atoms with Crippen LogP contribution in [-0.2, 0) is 16.6 Å². The van der Waals surface area contributed by atoms with Crippen LogP contribution in [-0.4, -0.2) is 29.4 Å². The van der Waals surface area contributed by atoms with Crippen LogP contribution in [0.15, 0.2) is 5.38 Å². The number of aromatic nitrogens is 1. The molecule has 0 bridgehead atoms. The molecule has 104 valence electrons. The van der Waals surface area contributed by atoms with Crippen LogP contribution in [0.2, 0.25) is 0 Å². The fraction of sp³-hybridized carbons (Fsp3) is 0.786. The summed E-state index contributed by atoms with van der Waals surface area (Å²) in [5, 5.41) is 13.1. The second kappa shape index (κ2) is 6.64. The summed E-state index contributed by atoms with van der Waals surface area (Å²) in [6, 6.07) is 0. The molecule has 0 saturated carbocycles. The Bertz CT molecular complexity index is 357. The highest BCUT2D eigenvalue weighted by atomic mass is 32.1. The summed E-state index contributed by atoms with van der Waals surface area (Å²) >= 11 is 1.64. The van der Waals surface area contributed by atoms with E-state index in [1.54, 1.807) is 18.4 Å². The number of nitrogens with zero attached hydrogens (tertiary/aromatic N) is 1. The fourth-order valence-electron chi connectivity index (χ4n) is 1.60. The average Bonchev–Trinajstić information content (AvgIpc) is 2.74. The maximum atomic E-state index is 9.97. The van der Waals surface area contributed by atoms with Crippen molar-refractivity contribution in [3.05, 3.63) is 16.1 Å². The van der Waals surface area contributed by atoms with Crippen molar-refractivity contribution in [3.63, 3.8) is 0 Å². The maximum absolute atomic E-state index is 9.97. The minimum absolute atomic E-state index is 0.0876. The van der Waals surface area contributed by atoms with Gasteiger partial charge >= 0.3 is 0 Å². The molecule has 0 amide bonds. The molecule has 18 heavy (non-hydrogen) atoms. The van der Waals surface area contributed by atoms with Crippen molar-refractivity contribution >= 4 is 11.3 Å². The van der Waals surface area contributed by atoms with E-state index in [0.29, 0.717) is 6.42 Å². The van der Waals surface area contributed by atoms with Gasteiger partial charge in [-0.2, -0.15) is 0 Å². The molecule has 0 aliphatic heterocycles. The summed E-state index contributed by atoms with van der Waals surface area (Å²) in [6.45, 7) is 8.49. The molecule has 2 atom stereocenters. The second-order valence-corrected chi connectivity index (χ2v) is 6.80. The van der Waals surface area contributed by atoms with E-state index >= 15 is 0 Å². The SMILES string of the molecule is COC(C)CCC(O)Cc1nc(C(C)(C)C)cs1. The van der Waals surface area contributed by atoms with Crippen LogP contribution in [0.3, 0.4) is 0 Å². The van der Waals surface area contributed by atoms with Crippen LogP contribution in [0.5, 0.6) is 0 Å². The Labute approximate surface area is 114 Å². The highest BCUT2D eigenvalue weighted by molar-refractivity contribution is 7.09. The average molecular weight is 271 g/mol. The van der Waals surface area contributed by atoms with E-state index in [2.05, 4.69) is 31.1 Å². The van der Waals surface area contributed by atoms with Crippen molar-refractivity contribution in [3.8, 4) is 0 Å². The first-order valence-electron chi connectivity index (χ1n) is 6.48. The van der Waals surface area contributed by atoms with Gasteiger partial charge in [0, 0.05) is 24.3 Å². The number of rotatable bonds is 6. The van der Waals surface area contributed by atoms with E-state index in [1.165, 1.54) is 0 Å². The van der Waals surface area contributed by atoms with Crippen molar-refractivity contribution in [1.29, 1.82) is 0 Å². The molecule has 0 saturated heterocycles. The minimum atomic E-state index is -0.318. The van der Waals surface area contributed by atoms with Crippen LogP contribution in [0.4, 0.5) is 0 Å². The van der Waals surface area contributed by atoms with Gasteiger partial charge in [-0.15, -0.1) is 11.3 Å². The molecule has 0 aliphatic carbocycles. The molecule has 0 radical (unpaired) electrons. The van der Waals surface area contributed by atoms with Crippen LogP contribution in [0.25, 0.3) is 0 Å². The molecule has 1 heterocycles. The van der Waals surface area contributed by atoms with Gasteiger partial charge in [-0.1, -0.05) is 20.8 Å². The van der Waals surface area contributed by atoms with E-state index in [9.17, 15) is 5.11 Å². The quantitative estimate of drug-likeness (QED) is 0.864. The summed E-state index contributed by atoms with van der Waals surface area (Å²) in [4.78, 5) is 4.60. The van der Waals surface area contributed by atoms with Gasteiger partial charge < -0.3 is 9.84 Å². The Morgan fingerprint density at radius 3 is 2.56 bits per heavy atom. The molecule has 0 fully saturated rings. The van der Waals surface area contributed by atoms with Gasteiger partial charge in [0.2, 0.25) is 0 Å². The topological polar surface area (TPSA) is 42.4 Å². The molecule has 0 spiro atoms. The van der Waals surface area contributed by atoms with Gasteiger partial charge in [0.15, 0.2) is 0 Å². The zero-order valence-electron chi connectivity index (χ0n) is 12.1. The Kier molecular flexibility index (Phi) is 5.76. The molecule has 1 aromatic heterocycles. The molecule has 1 N–H and O–H groups in total. The molecule has 2 unspecified atom stereocenters. The van der Waals surface area contributed by atoms with Crippen molar-refractivity contribution in [2.75, 3.05) is 7.11 Å². The van der Waals surface area contributed by atoms with Gasteiger partial charge in [-0.25, -0.2) is 4.98 Å². The van der Waals surface area contributed by atoms with Crippen LogP contribution in [0.1, 0.15) is 51.2 Å². The molecular formula is C14H25NO2S. The third kappa shape index (κ3) is 5.04. The Morgan fingerprint density at radius 1 is 1.39 bits per heavy atom. The summed E-state index contributed by atoms with van der Waals surface area (Å²) in [5.74, 6) is 0. The van der Waals surface area contributed by atoms with Gasteiger partial charge in [-0.05, 0) is 19.8 Å². The van der Waals surface area contributed by atoms with Crippen molar-refractivity contribution in [1.82, 2.24) is 4.98 Å². The van der Waals surface area contributed by atoms with Gasteiger partial charge in [0.25, 0.3) is 0 Å². The smallest absolute Gasteiger partial charge is 0.0954 e. The Balaban J connectivity index is 2.45. The first kappa shape index (κ1) is 15.6. The van der Waals surface area contributed by atoms with E-state index in [-0.39, 0.29) is 17.6 Å². The first-order chi connectivity index (χ1) is 8.32. The number of ether oxygens (including phenoxy) is 1. The first-order valence-corrected chi connectivity index (χ1v) is 7.36. The minimum Gasteiger partial charge on any atom is -0.393 e. The molecule has 1 aromatic rings. The number of aliphatic hydroxyl groups excluding tert-OH is 1. The number of hydrogen-bond donors (Lipinski definition) is 1. The summed E-state index contributed by atoms with van der Waals surface area (Å²) < 4.78 is 5.18. The lowest BCUT2D eigenvalue weighted by Crippen LogP contribution is -2.15. The van der Waals surface area contributed by atoms with Gasteiger partial charge in [-0.3, -0.25) is 0 Å². The zero-order valence-corrected chi connectivity index (χ0v) is 12.9. The van der Waals surface area contributed by atoms with Gasteiger partial charge in [0.05, 0.1) is 22.9 Å². The summed E-state index contributed by atoms with van der Waals surface area (Å²) in [6.07, 6.45) is 2.19. The zero-order chi connectivity index (χ0) is 13.8. The second-order valence-electron chi connectivity index (χ2n) is 5.86. The largest absolute Gasteiger partial charge is 0.393 e. The van der Waals surface area contributed by atoms with Crippen molar-refractivity contribution < 1.29 is 9.84 Å². The van der Waals surface area contributed by atoms with Crippen LogP contribution >= 0.6 is 11.3 Å². The summed E-state index contributed by atoms with van der Waals surface area (Å²) in [5.41, 5.74) is 1.20. The van der Waals surface area contributed by atoms with Crippen LogP contribution in [0, 0.1) is 0 Å². The van der Waals surface area contributed by atoms with Gasteiger partial charge in [0.1, 0.15) is 0 Å². The number of thiazole rings is 1. The Morgan fingerprint density at radius 2 is 2.06 bits per heavy atom. The van der Waals surface area contributed by atoms with E-state index in [4.69, 9.17) is 4.74 Å². The molecule has 4 heteroatoms. The number of aliphatic hydroxyl groups is 1. The van der Waals surface area contributed by atoms with E-state index in [1.807, 2.05) is 6.92 Å². The van der Waals surface area contributed by atoms with Crippen molar-refractivity contribution in [2.45, 2.75) is 64.6 Å². The third-order valence-electron chi connectivity index (χ3n) is 3.04. The number of methoxy groups -OCH3 is 1. The Hall–Kier alpha value is -0.450. The lowest BCUT2D eigenvalue weighted by molar-refractivity contribution is 0.0851. The number of hydrogen-bond acceptors (Lipinski definition) is 4. The predicted molar refractivity (Wildman–Crippen MR) is 76.2 cm³/mol. The maximum Gasteiger partial charge on any atom is 0.0954 e. The normalized spacial score (nSPS) is 15.7. The van der Waals surface area contributed by atoms with Crippen molar-refractivity contribution in [2.24, 2.45) is 0 Å². The molecule has 3 nitrogen and oxygen atoms in total. The monoisotopic (exact) mass is 271 g/mol. The fourth-order valence-corrected chi connectivity index (χ4v) is 2.69. The molecule has 1 rings (SSSR count). The molecular weight excluding hydrogens is 246 g/mol. The molecule has 0 aliphatic rings. The molecule has 0 aromatic carbocycles. The standard InChI is InChI=1S/C14H25NO2S/c1-10(17-5)6-7-11(16)8-13-15-12(9-18-13)14(2,3)4/h9-11,16H,6-8H2,1-5H3. The third-order valence-corrected chi connectivity index (χ3v) is 3.91. The highest BCUT2D eigenvalue weighted by Crippen LogP contribution is 2.24. The lowest BCUT2D eigenvalue weighted by Gasteiger charge is -2.15. The van der Waals surface area contributed by atoms with E-state index in [0.717, 1.165) is 23.5 Å². The lowest BCUT2D eigenvalue weighted by atomic mass is 9.93.